The molecular formula is C18H21N3O2S. The summed E-state index contributed by atoms with van der Waals surface area (Å²) >= 11 is 1.56. The predicted molar refractivity (Wildman–Crippen MR) is 95.3 cm³/mol. The van der Waals surface area contributed by atoms with Gasteiger partial charge in [0.05, 0.1) is 11.4 Å². The highest BCUT2D eigenvalue weighted by Crippen LogP contribution is 2.26. The van der Waals surface area contributed by atoms with E-state index in [0.29, 0.717) is 25.7 Å². The molecule has 1 aliphatic carbocycles. The summed E-state index contributed by atoms with van der Waals surface area (Å²) in [6.07, 6.45) is 2.23. The fraction of sp³-hybridized carbons (Fsp3) is 0.444. The lowest BCUT2D eigenvalue weighted by molar-refractivity contribution is -0.122. The largest absolute Gasteiger partial charge is 0.352 e. The van der Waals surface area contributed by atoms with E-state index >= 15 is 0 Å². The van der Waals surface area contributed by atoms with Gasteiger partial charge in [0.25, 0.3) is 5.91 Å². The third-order valence-corrected chi connectivity index (χ3v) is 5.71. The monoisotopic (exact) mass is 343 g/mol. The van der Waals surface area contributed by atoms with E-state index in [9.17, 15) is 9.59 Å². The van der Waals surface area contributed by atoms with Crippen LogP contribution in [0.4, 0.5) is 0 Å². The van der Waals surface area contributed by atoms with Crippen LogP contribution >= 0.6 is 11.3 Å². The third-order valence-electron chi connectivity index (χ3n) is 4.61. The fourth-order valence-corrected chi connectivity index (χ4v) is 4.09. The number of thiophene rings is 1. The van der Waals surface area contributed by atoms with Gasteiger partial charge in [0.2, 0.25) is 5.91 Å². The van der Waals surface area contributed by atoms with Gasteiger partial charge >= 0.3 is 0 Å². The standard InChI is InChI=1S/C18H21N3O2S/c22-17(19-14-5-6-14)12-20-7-9-21(10-8-20)18(23)16-11-13-3-1-2-4-15(13)24-16/h1-4,11,14H,5-10,12H2,(H,19,22). The molecule has 0 spiro atoms. The summed E-state index contributed by atoms with van der Waals surface area (Å²) in [4.78, 5) is 29.4. The van der Waals surface area contributed by atoms with Gasteiger partial charge < -0.3 is 10.2 Å². The molecule has 1 N–H and O–H groups in total. The second-order valence-electron chi connectivity index (χ2n) is 6.56. The molecule has 0 unspecified atom stereocenters. The molecule has 126 valence electrons. The van der Waals surface area contributed by atoms with E-state index in [2.05, 4.69) is 10.2 Å². The van der Waals surface area contributed by atoms with Gasteiger partial charge in [-0.05, 0) is 30.4 Å². The highest BCUT2D eigenvalue weighted by molar-refractivity contribution is 7.20. The molecule has 2 heterocycles. The number of carbonyl (C=O) groups excluding carboxylic acids is 2. The maximum atomic E-state index is 12.7. The van der Waals surface area contributed by atoms with Crippen LogP contribution in [-0.2, 0) is 4.79 Å². The maximum Gasteiger partial charge on any atom is 0.264 e. The number of rotatable bonds is 4. The molecule has 1 saturated heterocycles. The Labute approximate surface area is 145 Å². The molecule has 0 radical (unpaired) electrons. The zero-order valence-electron chi connectivity index (χ0n) is 13.5. The minimum absolute atomic E-state index is 0.110. The second kappa shape index (κ2) is 6.53. The summed E-state index contributed by atoms with van der Waals surface area (Å²) < 4.78 is 1.15. The van der Waals surface area contributed by atoms with Gasteiger partial charge in [-0.2, -0.15) is 0 Å². The van der Waals surface area contributed by atoms with Gasteiger partial charge in [-0.1, -0.05) is 18.2 Å². The van der Waals surface area contributed by atoms with E-state index in [0.717, 1.165) is 40.9 Å². The van der Waals surface area contributed by atoms with Gasteiger partial charge in [-0.15, -0.1) is 11.3 Å². The minimum atomic E-state index is 0.110. The van der Waals surface area contributed by atoms with Gasteiger partial charge in [-0.25, -0.2) is 0 Å². The second-order valence-corrected chi connectivity index (χ2v) is 7.64. The zero-order valence-corrected chi connectivity index (χ0v) is 14.3. The first-order valence-corrected chi connectivity index (χ1v) is 9.30. The van der Waals surface area contributed by atoms with E-state index in [1.807, 2.05) is 35.2 Å². The minimum Gasteiger partial charge on any atom is -0.352 e. The number of hydrogen-bond acceptors (Lipinski definition) is 4. The van der Waals surface area contributed by atoms with Crippen molar-refractivity contribution >= 4 is 33.2 Å². The number of benzene rings is 1. The average Bonchev–Trinajstić information content (AvgIpc) is 3.29. The first-order chi connectivity index (χ1) is 11.7. The van der Waals surface area contributed by atoms with E-state index in [1.54, 1.807) is 11.3 Å². The Balaban J connectivity index is 1.33. The smallest absolute Gasteiger partial charge is 0.264 e. The van der Waals surface area contributed by atoms with Crippen LogP contribution in [0.5, 0.6) is 0 Å². The Morgan fingerprint density at radius 1 is 1.12 bits per heavy atom. The molecule has 4 rings (SSSR count). The summed E-state index contributed by atoms with van der Waals surface area (Å²) in [6, 6.07) is 10.5. The molecule has 6 heteroatoms. The van der Waals surface area contributed by atoms with E-state index in [1.165, 1.54) is 0 Å². The number of fused-ring (bicyclic) bond motifs is 1. The van der Waals surface area contributed by atoms with Crippen molar-refractivity contribution in [1.82, 2.24) is 15.1 Å². The van der Waals surface area contributed by atoms with Gasteiger partial charge in [0, 0.05) is 36.9 Å². The maximum absolute atomic E-state index is 12.7. The van der Waals surface area contributed by atoms with E-state index in [-0.39, 0.29) is 11.8 Å². The molecule has 2 fully saturated rings. The fourth-order valence-electron chi connectivity index (χ4n) is 3.06. The highest BCUT2D eigenvalue weighted by Gasteiger charge is 2.27. The Morgan fingerprint density at radius 3 is 2.58 bits per heavy atom. The van der Waals surface area contributed by atoms with Crippen LogP contribution in [0.1, 0.15) is 22.5 Å². The van der Waals surface area contributed by atoms with Crippen LogP contribution in [0.3, 0.4) is 0 Å². The normalized spacial score (nSPS) is 18.8. The summed E-state index contributed by atoms with van der Waals surface area (Å²) in [5.41, 5.74) is 0. The van der Waals surface area contributed by atoms with Crippen molar-refractivity contribution in [2.45, 2.75) is 18.9 Å². The molecule has 1 aliphatic heterocycles. The SMILES string of the molecule is O=C(CN1CCN(C(=O)c2cc3ccccc3s2)CC1)NC1CC1. The van der Waals surface area contributed by atoms with E-state index < -0.39 is 0 Å². The number of hydrogen-bond donors (Lipinski definition) is 1. The number of nitrogens with zero attached hydrogens (tertiary/aromatic N) is 2. The van der Waals surface area contributed by atoms with Gasteiger partial charge in [-0.3, -0.25) is 14.5 Å². The molecule has 5 nitrogen and oxygen atoms in total. The van der Waals surface area contributed by atoms with Crippen molar-refractivity contribution in [3.63, 3.8) is 0 Å². The molecule has 0 atom stereocenters. The number of amides is 2. The number of piperazine rings is 1. The van der Waals surface area contributed by atoms with Crippen LogP contribution in [0.2, 0.25) is 0 Å². The summed E-state index contributed by atoms with van der Waals surface area (Å²) in [5.74, 6) is 0.222. The average molecular weight is 343 g/mol. The van der Waals surface area contributed by atoms with Crippen molar-refractivity contribution in [3.05, 3.63) is 35.2 Å². The summed E-state index contributed by atoms with van der Waals surface area (Å²) in [7, 11) is 0. The van der Waals surface area contributed by atoms with Crippen molar-refractivity contribution in [1.29, 1.82) is 0 Å². The molecule has 24 heavy (non-hydrogen) atoms. The van der Waals surface area contributed by atoms with E-state index in [4.69, 9.17) is 0 Å². The first kappa shape index (κ1) is 15.6. The zero-order chi connectivity index (χ0) is 16.5. The number of carbonyl (C=O) groups is 2. The lowest BCUT2D eigenvalue weighted by atomic mass is 10.2. The van der Waals surface area contributed by atoms with Crippen molar-refractivity contribution in [2.75, 3.05) is 32.7 Å². The highest BCUT2D eigenvalue weighted by atomic mass is 32.1. The van der Waals surface area contributed by atoms with Crippen molar-refractivity contribution in [3.8, 4) is 0 Å². The molecule has 1 aromatic carbocycles. The quantitative estimate of drug-likeness (QED) is 0.923. The van der Waals surface area contributed by atoms with Gasteiger partial charge in [0.1, 0.15) is 0 Å². The Morgan fingerprint density at radius 2 is 1.88 bits per heavy atom. The lowest BCUT2D eigenvalue weighted by Crippen LogP contribution is -2.51. The summed E-state index contributed by atoms with van der Waals surface area (Å²) in [5, 5.41) is 4.14. The molecule has 2 aromatic rings. The van der Waals surface area contributed by atoms with Crippen LogP contribution in [0, 0.1) is 0 Å². The van der Waals surface area contributed by atoms with Crippen LogP contribution < -0.4 is 5.32 Å². The predicted octanol–water partition coefficient (Wildman–Crippen LogP) is 1.94. The molecule has 2 aliphatic rings. The summed E-state index contributed by atoms with van der Waals surface area (Å²) in [6.45, 7) is 3.33. The van der Waals surface area contributed by atoms with Crippen LogP contribution in [0.25, 0.3) is 10.1 Å². The topological polar surface area (TPSA) is 52.7 Å². The Hall–Kier alpha value is -1.92. The van der Waals surface area contributed by atoms with Crippen LogP contribution in [0.15, 0.2) is 30.3 Å². The molecule has 1 aromatic heterocycles. The van der Waals surface area contributed by atoms with Crippen LogP contribution in [-0.4, -0.2) is 60.4 Å². The van der Waals surface area contributed by atoms with Crippen molar-refractivity contribution in [2.24, 2.45) is 0 Å². The van der Waals surface area contributed by atoms with Crippen molar-refractivity contribution < 1.29 is 9.59 Å². The lowest BCUT2D eigenvalue weighted by Gasteiger charge is -2.34. The molecule has 1 saturated carbocycles. The Bertz CT molecular complexity index is 727. The molecule has 2 amide bonds. The molecule has 0 bridgehead atoms. The van der Waals surface area contributed by atoms with Gasteiger partial charge in [0.15, 0.2) is 0 Å². The molecular weight excluding hydrogens is 322 g/mol. The third kappa shape index (κ3) is 3.44. The Kier molecular flexibility index (Phi) is 4.24. The number of nitrogens with one attached hydrogen (secondary N) is 1. The first-order valence-electron chi connectivity index (χ1n) is 8.48.